The molecule has 1 fully saturated rings. The number of carbonyl (C=O) groups is 1. The van der Waals surface area contributed by atoms with Gasteiger partial charge in [-0.15, -0.1) is 0 Å². The average Bonchev–Trinajstić information content (AvgIpc) is 2.67. The fraction of sp³-hybridized carbons (Fsp3) is 0.533. The summed E-state index contributed by atoms with van der Waals surface area (Å²) in [5, 5.41) is 0. The Hall–Kier alpha value is -1.15. The van der Waals surface area contributed by atoms with Crippen molar-refractivity contribution < 1.29 is 4.79 Å². The van der Waals surface area contributed by atoms with E-state index >= 15 is 0 Å². The normalized spacial score (nSPS) is 20.8. The molecule has 0 spiro atoms. The zero-order valence-electron chi connectivity index (χ0n) is 11.0. The van der Waals surface area contributed by atoms with Gasteiger partial charge in [-0.2, -0.15) is 0 Å². The van der Waals surface area contributed by atoms with Crippen LogP contribution in [0.5, 0.6) is 0 Å². The van der Waals surface area contributed by atoms with Gasteiger partial charge in [-0.3, -0.25) is 9.69 Å². The first-order valence-electron chi connectivity index (χ1n) is 6.39. The van der Waals surface area contributed by atoms with Crippen molar-refractivity contribution in [3.63, 3.8) is 0 Å². The number of ketones is 1. The van der Waals surface area contributed by atoms with E-state index in [2.05, 4.69) is 17.9 Å². The van der Waals surface area contributed by atoms with Crippen molar-refractivity contribution in [2.75, 3.05) is 19.6 Å². The molecule has 0 aliphatic carbocycles. The monoisotopic (exact) mass is 231 g/mol. The lowest BCUT2D eigenvalue weighted by atomic mass is 10.0. The van der Waals surface area contributed by atoms with E-state index in [1.165, 1.54) is 6.42 Å². The molecule has 1 unspecified atom stereocenters. The number of carbonyl (C=O) groups excluding carboxylic acids is 1. The molecular weight excluding hydrogens is 210 g/mol. The van der Waals surface area contributed by atoms with Gasteiger partial charge >= 0.3 is 0 Å². The lowest BCUT2D eigenvalue weighted by Crippen LogP contribution is -2.28. The molecule has 1 saturated heterocycles. The van der Waals surface area contributed by atoms with E-state index in [1.54, 1.807) is 0 Å². The number of rotatable bonds is 3. The van der Waals surface area contributed by atoms with E-state index in [9.17, 15) is 4.79 Å². The van der Waals surface area contributed by atoms with Gasteiger partial charge in [0.25, 0.3) is 0 Å². The van der Waals surface area contributed by atoms with Gasteiger partial charge in [-0.1, -0.05) is 24.6 Å². The van der Waals surface area contributed by atoms with Crippen LogP contribution in [-0.4, -0.2) is 30.3 Å². The summed E-state index contributed by atoms with van der Waals surface area (Å²) in [6.45, 7) is 9.01. The molecule has 1 aliphatic heterocycles. The Morgan fingerprint density at radius 1 is 1.41 bits per heavy atom. The smallest absolute Gasteiger partial charge is 0.177 e. The van der Waals surface area contributed by atoms with Gasteiger partial charge in [0.15, 0.2) is 5.78 Å². The second kappa shape index (κ2) is 5.01. The highest BCUT2D eigenvalue weighted by molar-refractivity contribution is 5.99. The van der Waals surface area contributed by atoms with E-state index < -0.39 is 0 Å². The molecule has 1 heterocycles. The van der Waals surface area contributed by atoms with Crippen LogP contribution in [0.15, 0.2) is 18.2 Å². The second-order valence-electron chi connectivity index (χ2n) is 5.37. The average molecular weight is 231 g/mol. The SMILES string of the molecule is Cc1ccc(C)c(C(=O)CN2CCC(C)C2)c1. The highest BCUT2D eigenvalue weighted by Gasteiger charge is 2.21. The molecule has 0 radical (unpaired) electrons. The zero-order chi connectivity index (χ0) is 12.4. The Morgan fingerprint density at radius 2 is 2.18 bits per heavy atom. The molecule has 1 aliphatic rings. The lowest BCUT2D eigenvalue weighted by molar-refractivity contribution is 0.0943. The topological polar surface area (TPSA) is 20.3 Å². The minimum Gasteiger partial charge on any atom is -0.296 e. The van der Waals surface area contributed by atoms with Crippen LogP contribution >= 0.6 is 0 Å². The van der Waals surface area contributed by atoms with Crippen molar-refractivity contribution in [1.82, 2.24) is 4.90 Å². The molecule has 2 rings (SSSR count). The van der Waals surface area contributed by atoms with Crippen molar-refractivity contribution in [2.24, 2.45) is 5.92 Å². The molecule has 1 atom stereocenters. The molecule has 1 aromatic carbocycles. The molecule has 1 aromatic rings. The molecule has 0 amide bonds. The molecule has 2 nitrogen and oxygen atoms in total. The van der Waals surface area contributed by atoms with Gasteiger partial charge in [-0.05, 0) is 44.4 Å². The third-order valence-corrected chi connectivity index (χ3v) is 3.57. The summed E-state index contributed by atoms with van der Waals surface area (Å²) >= 11 is 0. The van der Waals surface area contributed by atoms with Crippen LogP contribution in [0.3, 0.4) is 0 Å². The van der Waals surface area contributed by atoms with Crippen molar-refractivity contribution >= 4 is 5.78 Å². The highest BCUT2D eigenvalue weighted by Crippen LogP contribution is 2.17. The van der Waals surface area contributed by atoms with Gasteiger partial charge in [-0.25, -0.2) is 0 Å². The molecule has 0 saturated carbocycles. The Kier molecular flexibility index (Phi) is 3.63. The van der Waals surface area contributed by atoms with Crippen molar-refractivity contribution in [3.8, 4) is 0 Å². The Bertz CT molecular complexity index is 425. The van der Waals surface area contributed by atoms with Crippen LogP contribution < -0.4 is 0 Å². The molecule has 2 heteroatoms. The zero-order valence-corrected chi connectivity index (χ0v) is 11.0. The number of nitrogens with zero attached hydrogens (tertiary/aromatic N) is 1. The summed E-state index contributed by atoms with van der Waals surface area (Å²) in [5.74, 6) is 1.00. The summed E-state index contributed by atoms with van der Waals surface area (Å²) in [4.78, 5) is 14.5. The second-order valence-corrected chi connectivity index (χ2v) is 5.37. The number of aryl methyl sites for hydroxylation is 2. The van der Waals surface area contributed by atoms with Crippen LogP contribution in [0.25, 0.3) is 0 Å². The van der Waals surface area contributed by atoms with Crippen LogP contribution in [-0.2, 0) is 0 Å². The van der Waals surface area contributed by atoms with Crippen LogP contribution in [0.4, 0.5) is 0 Å². The Labute approximate surface area is 104 Å². The number of likely N-dealkylation sites (tertiary alicyclic amines) is 1. The summed E-state index contributed by atoms with van der Waals surface area (Å²) < 4.78 is 0. The standard InChI is InChI=1S/C15H21NO/c1-11-4-5-13(3)14(8-11)15(17)10-16-7-6-12(2)9-16/h4-5,8,12H,6-7,9-10H2,1-3H3. The van der Waals surface area contributed by atoms with Gasteiger partial charge < -0.3 is 0 Å². The van der Waals surface area contributed by atoms with E-state index in [-0.39, 0.29) is 5.78 Å². The van der Waals surface area contributed by atoms with E-state index in [0.29, 0.717) is 6.54 Å². The van der Waals surface area contributed by atoms with Crippen molar-refractivity contribution in [1.29, 1.82) is 0 Å². The largest absolute Gasteiger partial charge is 0.296 e. The molecule has 0 aromatic heterocycles. The third kappa shape index (κ3) is 2.95. The van der Waals surface area contributed by atoms with Crippen molar-refractivity contribution in [3.05, 3.63) is 34.9 Å². The van der Waals surface area contributed by atoms with E-state index in [0.717, 1.165) is 35.7 Å². The summed E-state index contributed by atoms with van der Waals surface area (Å²) in [6, 6.07) is 6.11. The first-order chi connectivity index (χ1) is 8.06. The van der Waals surface area contributed by atoms with Crippen molar-refractivity contribution in [2.45, 2.75) is 27.2 Å². The summed E-state index contributed by atoms with van der Waals surface area (Å²) in [5.41, 5.74) is 3.14. The van der Waals surface area contributed by atoms with Gasteiger partial charge in [0.2, 0.25) is 0 Å². The minimum absolute atomic E-state index is 0.264. The van der Waals surface area contributed by atoms with Gasteiger partial charge in [0.1, 0.15) is 0 Å². The molecule has 0 N–H and O–H groups in total. The van der Waals surface area contributed by atoms with Gasteiger partial charge in [0.05, 0.1) is 6.54 Å². The maximum absolute atomic E-state index is 12.2. The maximum atomic E-state index is 12.2. The minimum atomic E-state index is 0.264. The Balaban J connectivity index is 2.06. The lowest BCUT2D eigenvalue weighted by Gasteiger charge is -2.15. The van der Waals surface area contributed by atoms with Crippen LogP contribution in [0.1, 0.15) is 34.8 Å². The number of hydrogen-bond acceptors (Lipinski definition) is 2. The molecule has 0 bridgehead atoms. The van der Waals surface area contributed by atoms with Gasteiger partial charge in [0, 0.05) is 12.1 Å². The first-order valence-corrected chi connectivity index (χ1v) is 6.39. The molecule has 17 heavy (non-hydrogen) atoms. The fourth-order valence-corrected chi connectivity index (χ4v) is 2.49. The summed E-state index contributed by atoms with van der Waals surface area (Å²) in [6.07, 6.45) is 1.22. The third-order valence-electron chi connectivity index (χ3n) is 3.57. The fourth-order valence-electron chi connectivity index (χ4n) is 2.49. The first kappa shape index (κ1) is 12.3. The highest BCUT2D eigenvalue weighted by atomic mass is 16.1. The molecule has 92 valence electrons. The number of Topliss-reactive ketones (excluding diaryl/α,β-unsaturated/α-hetero) is 1. The predicted molar refractivity (Wildman–Crippen MR) is 70.5 cm³/mol. The van der Waals surface area contributed by atoms with Crippen LogP contribution in [0.2, 0.25) is 0 Å². The number of benzene rings is 1. The molecular formula is C15H21NO. The Morgan fingerprint density at radius 3 is 2.82 bits per heavy atom. The summed E-state index contributed by atoms with van der Waals surface area (Å²) in [7, 11) is 0. The van der Waals surface area contributed by atoms with Crippen LogP contribution in [0, 0.1) is 19.8 Å². The van der Waals surface area contributed by atoms with E-state index in [4.69, 9.17) is 0 Å². The predicted octanol–water partition coefficient (Wildman–Crippen LogP) is 2.83. The number of hydrogen-bond donors (Lipinski definition) is 0. The maximum Gasteiger partial charge on any atom is 0.177 e. The quantitative estimate of drug-likeness (QED) is 0.746. The van der Waals surface area contributed by atoms with E-state index in [1.807, 2.05) is 26.0 Å².